The van der Waals surface area contributed by atoms with E-state index in [0.29, 0.717) is 13.0 Å². The van der Waals surface area contributed by atoms with Crippen LogP contribution in [0.5, 0.6) is 0 Å². The zero-order chi connectivity index (χ0) is 16.8. The molecule has 7 heteroatoms. The van der Waals surface area contributed by atoms with Crippen LogP contribution in [0.2, 0.25) is 0 Å². The largest absolute Gasteiger partial charge is 0.612 e. The minimum Gasteiger partial charge on any atom is -0.612 e. The van der Waals surface area contributed by atoms with Crippen molar-refractivity contribution in [3.8, 4) is 0 Å². The molecule has 1 amide bonds. The highest BCUT2D eigenvalue weighted by molar-refractivity contribution is 7.90. The summed E-state index contributed by atoms with van der Waals surface area (Å²) in [5.41, 5.74) is 6.38. The Kier molecular flexibility index (Phi) is 6.20. The first-order chi connectivity index (χ1) is 11.0. The lowest BCUT2D eigenvalue weighted by molar-refractivity contribution is 0.0995. The molecule has 2 atom stereocenters. The van der Waals surface area contributed by atoms with E-state index in [1.54, 1.807) is 10.8 Å². The van der Waals surface area contributed by atoms with Crippen LogP contribution in [0.3, 0.4) is 0 Å². The Morgan fingerprint density at radius 3 is 2.87 bits per heavy atom. The molecule has 1 aromatic carbocycles. The number of nitrogens with two attached hydrogens (primary N) is 1. The SMILES string of the molecule is C[S+]([O-])c1ccccc1CCC[C@H](O)Cn1cnc(C(N)=O)c1. The fraction of sp³-hybridized carbons (Fsp3) is 0.375. The number of aliphatic hydroxyl groups is 1. The number of aryl methyl sites for hydroxylation is 1. The van der Waals surface area contributed by atoms with Crippen molar-refractivity contribution in [3.05, 3.63) is 48.0 Å². The summed E-state index contributed by atoms with van der Waals surface area (Å²) in [5, 5.41) is 10.1. The van der Waals surface area contributed by atoms with Crippen LogP contribution < -0.4 is 5.73 Å². The summed E-state index contributed by atoms with van der Waals surface area (Å²) in [6, 6.07) is 7.65. The predicted octanol–water partition coefficient (Wildman–Crippen LogP) is 1.10. The molecule has 2 rings (SSSR count). The third-order valence-corrected chi connectivity index (χ3v) is 4.59. The third-order valence-electron chi connectivity index (χ3n) is 3.57. The van der Waals surface area contributed by atoms with Gasteiger partial charge in [-0.15, -0.1) is 0 Å². The summed E-state index contributed by atoms with van der Waals surface area (Å²) in [5.74, 6) is -0.581. The molecule has 0 spiro atoms. The van der Waals surface area contributed by atoms with Gasteiger partial charge >= 0.3 is 0 Å². The summed E-state index contributed by atoms with van der Waals surface area (Å²) in [7, 11) is 0. The van der Waals surface area contributed by atoms with Crippen LogP contribution in [0.1, 0.15) is 28.9 Å². The van der Waals surface area contributed by atoms with E-state index in [1.165, 1.54) is 12.5 Å². The van der Waals surface area contributed by atoms with Crippen LogP contribution in [0.25, 0.3) is 0 Å². The second kappa shape index (κ2) is 8.14. The lowest BCUT2D eigenvalue weighted by Gasteiger charge is -2.13. The highest BCUT2D eigenvalue weighted by Crippen LogP contribution is 2.18. The Bertz CT molecular complexity index is 658. The number of imidazole rings is 1. The van der Waals surface area contributed by atoms with Gasteiger partial charge in [0.2, 0.25) is 0 Å². The van der Waals surface area contributed by atoms with Gasteiger partial charge in [-0.3, -0.25) is 4.79 Å². The van der Waals surface area contributed by atoms with Gasteiger partial charge in [-0.05, 0) is 36.5 Å². The zero-order valence-electron chi connectivity index (χ0n) is 13.0. The van der Waals surface area contributed by atoms with Crippen molar-refractivity contribution < 1.29 is 14.5 Å². The zero-order valence-corrected chi connectivity index (χ0v) is 13.8. The molecule has 3 N–H and O–H groups in total. The van der Waals surface area contributed by atoms with Gasteiger partial charge in [0.1, 0.15) is 11.9 Å². The van der Waals surface area contributed by atoms with Crippen LogP contribution in [0, 0.1) is 0 Å². The van der Waals surface area contributed by atoms with Gasteiger partial charge in [0, 0.05) is 18.3 Å². The maximum absolute atomic E-state index is 11.7. The van der Waals surface area contributed by atoms with Crippen molar-refractivity contribution in [3.63, 3.8) is 0 Å². The van der Waals surface area contributed by atoms with Gasteiger partial charge in [-0.1, -0.05) is 18.2 Å². The average molecular weight is 335 g/mol. The molecule has 1 heterocycles. The molecule has 0 aliphatic carbocycles. The number of hydrogen-bond acceptors (Lipinski definition) is 4. The van der Waals surface area contributed by atoms with Gasteiger partial charge < -0.3 is 20.0 Å². The molecule has 2 aromatic rings. The molecule has 124 valence electrons. The number of amides is 1. The van der Waals surface area contributed by atoms with Crippen molar-refractivity contribution in [1.29, 1.82) is 0 Å². The molecule has 1 unspecified atom stereocenters. The van der Waals surface area contributed by atoms with Gasteiger partial charge in [0.05, 0.1) is 12.4 Å². The number of aliphatic hydroxyl groups excluding tert-OH is 1. The molecule has 0 saturated heterocycles. The van der Waals surface area contributed by atoms with Gasteiger partial charge in [0.25, 0.3) is 5.91 Å². The highest BCUT2D eigenvalue weighted by atomic mass is 32.2. The number of carbonyl (C=O) groups excluding carboxylic acids is 1. The minimum atomic E-state index is -1.01. The Morgan fingerprint density at radius 1 is 1.48 bits per heavy atom. The number of carbonyl (C=O) groups is 1. The van der Waals surface area contributed by atoms with Crippen LogP contribution >= 0.6 is 0 Å². The van der Waals surface area contributed by atoms with E-state index >= 15 is 0 Å². The molecule has 0 saturated carbocycles. The fourth-order valence-corrected chi connectivity index (χ4v) is 3.25. The van der Waals surface area contributed by atoms with Crippen molar-refractivity contribution >= 4 is 17.1 Å². The molecule has 6 nitrogen and oxygen atoms in total. The quantitative estimate of drug-likeness (QED) is 0.705. The monoisotopic (exact) mass is 335 g/mol. The van der Waals surface area contributed by atoms with Gasteiger partial charge in [0.15, 0.2) is 4.90 Å². The summed E-state index contributed by atoms with van der Waals surface area (Å²) in [4.78, 5) is 15.7. The van der Waals surface area contributed by atoms with E-state index in [2.05, 4.69) is 4.98 Å². The number of hydrogen-bond donors (Lipinski definition) is 2. The molecule has 0 fully saturated rings. The van der Waals surface area contributed by atoms with E-state index in [-0.39, 0.29) is 5.69 Å². The van der Waals surface area contributed by atoms with Crippen LogP contribution in [0.15, 0.2) is 41.7 Å². The number of nitrogens with zero attached hydrogens (tertiary/aromatic N) is 2. The summed E-state index contributed by atoms with van der Waals surface area (Å²) in [6.07, 6.45) is 6.30. The van der Waals surface area contributed by atoms with E-state index in [4.69, 9.17) is 5.73 Å². The van der Waals surface area contributed by atoms with Crippen molar-refractivity contribution in [2.75, 3.05) is 6.26 Å². The smallest absolute Gasteiger partial charge is 0.268 e. The number of rotatable bonds is 8. The normalized spacial score (nSPS) is 13.7. The molecule has 23 heavy (non-hydrogen) atoms. The van der Waals surface area contributed by atoms with Gasteiger partial charge in [-0.25, -0.2) is 4.98 Å². The van der Waals surface area contributed by atoms with Crippen molar-refractivity contribution in [2.24, 2.45) is 5.73 Å². The minimum absolute atomic E-state index is 0.191. The molecule has 0 aliphatic heterocycles. The third kappa shape index (κ3) is 5.09. The Balaban J connectivity index is 1.83. The van der Waals surface area contributed by atoms with E-state index in [1.807, 2.05) is 24.3 Å². The second-order valence-corrected chi connectivity index (χ2v) is 6.78. The average Bonchev–Trinajstić information content (AvgIpc) is 2.96. The van der Waals surface area contributed by atoms with Gasteiger partial charge in [-0.2, -0.15) is 0 Å². The molecule has 0 bridgehead atoms. The number of primary amides is 1. The lowest BCUT2D eigenvalue weighted by Crippen LogP contribution is -2.16. The fourth-order valence-electron chi connectivity index (χ4n) is 2.44. The van der Waals surface area contributed by atoms with E-state index in [0.717, 1.165) is 23.3 Å². The standard InChI is InChI=1S/C16H21N3O3S/c1-23(22)15-8-3-2-5-12(15)6-4-7-13(20)9-19-10-14(16(17)21)18-11-19/h2-3,5,8,10-11,13,20H,4,6-7,9H2,1H3,(H2,17,21)/t13-,23?/m0/s1. The first-order valence-corrected chi connectivity index (χ1v) is 8.94. The highest BCUT2D eigenvalue weighted by Gasteiger charge is 2.12. The molecule has 0 aliphatic rings. The Labute approximate surface area is 138 Å². The van der Waals surface area contributed by atoms with Crippen LogP contribution in [-0.4, -0.2) is 37.5 Å². The maximum atomic E-state index is 11.7. The second-order valence-electron chi connectivity index (χ2n) is 5.43. The summed E-state index contributed by atoms with van der Waals surface area (Å²) < 4.78 is 13.3. The summed E-state index contributed by atoms with van der Waals surface area (Å²) >= 11 is -1.01. The predicted molar refractivity (Wildman–Crippen MR) is 88.5 cm³/mol. The molecular formula is C16H21N3O3S. The molecule has 0 radical (unpaired) electrons. The number of aromatic nitrogens is 2. The Hall–Kier alpha value is -1.83. The molecular weight excluding hydrogens is 314 g/mol. The maximum Gasteiger partial charge on any atom is 0.268 e. The Morgan fingerprint density at radius 2 is 2.22 bits per heavy atom. The lowest BCUT2D eigenvalue weighted by atomic mass is 10.1. The van der Waals surface area contributed by atoms with E-state index < -0.39 is 23.2 Å². The topological polar surface area (TPSA) is 104 Å². The summed E-state index contributed by atoms with van der Waals surface area (Å²) in [6.45, 7) is 0.363. The first kappa shape index (κ1) is 17.5. The number of benzene rings is 1. The van der Waals surface area contributed by atoms with Crippen molar-refractivity contribution in [2.45, 2.75) is 36.8 Å². The molecule has 1 aromatic heterocycles. The van der Waals surface area contributed by atoms with Crippen LogP contribution in [-0.2, 0) is 24.1 Å². The van der Waals surface area contributed by atoms with E-state index in [9.17, 15) is 14.5 Å². The first-order valence-electron chi connectivity index (χ1n) is 7.38. The van der Waals surface area contributed by atoms with Crippen molar-refractivity contribution in [1.82, 2.24) is 9.55 Å². The van der Waals surface area contributed by atoms with Crippen LogP contribution in [0.4, 0.5) is 0 Å².